The summed E-state index contributed by atoms with van der Waals surface area (Å²) in [7, 11) is 1.58. The normalized spacial score (nSPS) is 11.0. The van der Waals surface area contributed by atoms with Crippen molar-refractivity contribution in [2.75, 3.05) is 19.1 Å². The third kappa shape index (κ3) is 8.55. The minimum Gasteiger partial charge on any atom is -0.495 e. The lowest BCUT2D eigenvalue weighted by atomic mass is 10.1. The van der Waals surface area contributed by atoms with Crippen molar-refractivity contribution in [2.24, 2.45) is 5.10 Å². The summed E-state index contributed by atoms with van der Waals surface area (Å²) in [6, 6.07) is 11.0. The molecule has 2 aromatic carbocycles. The van der Waals surface area contributed by atoms with E-state index in [2.05, 4.69) is 17.5 Å². The van der Waals surface area contributed by atoms with Gasteiger partial charge in [0.05, 0.1) is 35.7 Å². The maximum atomic E-state index is 6.34. The van der Waals surface area contributed by atoms with Gasteiger partial charge in [-0.25, -0.2) is 0 Å². The fourth-order valence-corrected chi connectivity index (χ4v) is 3.37. The third-order valence-electron chi connectivity index (χ3n) is 4.52. The third-order valence-corrected chi connectivity index (χ3v) is 5.11. The summed E-state index contributed by atoms with van der Waals surface area (Å²) in [4.78, 5) is 0. The Labute approximate surface area is 184 Å². The van der Waals surface area contributed by atoms with E-state index in [9.17, 15) is 0 Å². The Balaban J connectivity index is 1.75. The molecule has 29 heavy (non-hydrogen) atoms. The zero-order valence-corrected chi connectivity index (χ0v) is 18.7. The van der Waals surface area contributed by atoms with Crippen molar-refractivity contribution >= 4 is 35.1 Å². The summed E-state index contributed by atoms with van der Waals surface area (Å²) < 4.78 is 10.9. The van der Waals surface area contributed by atoms with E-state index in [4.69, 9.17) is 32.7 Å². The number of rotatable bonds is 13. The number of benzene rings is 2. The quantitative estimate of drug-likeness (QED) is 0.200. The van der Waals surface area contributed by atoms with Gasteiger partial charge in [0.15, 0.2) is 0 Å². The van der Waals surface area contributed by atoms with Gasteiger partial charge in [0.2, 0.25) is 0 Å². The molecule has 1 N–H and O–H groups in total. The minimum atomic E-state index is 0.526. The Morgan fingerprint density at radius 1 is 0.897 bits per heavy atom. The van der Waals surface area contributed by atoms with Crippen LogP contribution in [0.5, 0.6) is 11.5 Å². The molecule has 0 saturated carbocycles. The van der Waals surface area contributed by atoms with Gasteiger partial charge < -0.3 is 9.47 Å². The van der Waals surface area contributed by atoms with Gasteiger partial charge in [-0.3, -0.25) is 5.43 Å². The van der Waals surface area contributed by atoms with Crippen LogP contribution in [0.2, 0.25) is 10.0 Å². The predicted molar refractivity (Wildman–Crippen MR) is 124 cm³/mol. The van der Waals surface area contributed by atoms with Crippen LogP contribution in [0, 0.1) is 0 Å². The summed E-state index contributed by atoms with van der Waals surface area (Å²) >= 11 is 12.4. The van der Waals surface area contributed by atoms with Crippen LogP contribution >= 0.6 is 23.2 Å². The Morgan fingerprint density at radius 2 is 1.59 bits per heavy atom. The summed E-state index contributed by atoms with van der Waals surface area (Å²) in [5.41, 5.74) is 4.59. The van der Waals surface area contributed by atoms with Crippen molar-refractivity contribution in [1.29, 1.82) is 0 Å². The first-order valence-corrected chi connectivity index (χ1v) is 10.9. The molecule has 0 amide bonds. The maximum absolute atomic E-state index is 6.34. The van der Waals surface area contributed by atoms with E-state index < -0.39 is 0 Å². The number of ether oxygens (including phenoxy) is 2. The van der Waals surface area contributed by atoms with Gasteiger partial charge in [0, 0.05) is 0 Å². The SMILES string of the molecule is CCCCCCCCCOc1ccc(/C=N/Nc2ccc(OC)c(Cl)c2)cc1Cl. The number of nitrogens with zero attached hydrogens (tertiary/aromatic N) is 1. The molecule has 0 bridgehead atoms. The molecule has 0 radical (unpaired) electrons. The Kier molecular flexibility index (Phi) is 10.7. The highest BCUT2D eigenvalue weighted by Crippen LogP contribution is 2.27. The van der Waals surface area contributed by atoms with E-state index in [1.165, 1.54) is 38.5 Å². The van der Waals surface area contributed by atoms with Crippen LogP contribution in [0.1, 0.15) is 57.4 Å². The monoisotopic (exact) mass is 436 g/mol. The molecule has 0 unspecified atom stereocenters. The smallest absolute Gasteiger partial charge is 0.137 e. The van der Waals surface area contributed by atoms with Gasteiger partial charge in [-0.2, -0.15) is 5.10 Å². The number of anilines is 1. The number of hydrazone groups is 1. The summed E-state index contributed by atoms with van der Waals surface area (Å²) in [5.74, 6) is 1.34. The van der Waals surface area contributed by atoms with E-state index in [0.29, 0.717) is 28.2 Å². The highest BCUT2D eigenvalue weighted by molar-refractivity contribution is 6.32. The van der Waals surface area contributed by atoms with Crippen molar-refractivity contribution in [3.8, 4) is 11.5 Å². The molecule has 158 valence electrons. The van der Waals surface area contributed by atoms with E-state index in [-0.39, 0.29) is 0 Å². The first-order chi connectivity index (χ1) is 14.1. The van der Waals surface area contributed by atoms with Crippen LogP contribution in [0.3, 0.4) is 0 Å². The fraction of sp³-hybridized carbons (Fsp3) is 0.435. The van der Waals surface area contributed by atoms with Gasteiger partial charge >= 0.3 is 0 Å². The van der Waals surface area contributed by atoms with E-state index in [0.717, 1.165) is 17.7 Å². The lowest BCUT2D eigenvalue weighted by Crippen LogP contribution is -1.98. The Bertz CT molecular complexity index is 781. The molecule has 0 heterocycles. The molecule has 0 aliphatic rings. The van der Waals surface area contributed by atoms with Crippen LogP contribution in [0.4, 0.5) is 5.69 Å². The van der Waals surface area contributed by atoms with Crippen molar-refractivity contribution in [2.45, 2.75) is 51.9 Å². The molecule has 0 saturated heterocycles. The maximum Gasteiger partial charge on any atom is 0.137 e. The van der Waals surface area contributed by atoms with Gasteiger partial charge in [-0.15, -0.1) is 0 Å². The van der Waals surface area contributed by atoms with E-state index in [1.807, 2.05) is 24.3 Å². The average molecular weight is 437 g/mol. The number of hydrogen-bond donors (Lipinski definition) is 1. The lowest BCUT2D eigenvalue weighted by molar-refractivity contribution is 0.304. The van der Waals surface area contributed by atoms with Crippen molar-refractivity contribution in [3.63, 3.8) is 0 Å². The molecule has 0 aromatic heterocycles. The number of methoxy groups -OCH3 is 1. The number of unbranched alkanes of at least 4 members (excludes halogenated alkanes) is 6. The second-order valence-corrected chi connectivity index (χ2v) is 7.69. The van der Waals surface area contributed by atoms with Crippen LogP contribution < -0.4 is 14.9 Å². The molecular formula is C23H30Cl2N2O2. The first-order valence-electron chi connectivity index (χ1n) is 10.2. The van der Waals surface area contributed by atoms with Gasteiger partial charge in [0.1, 0.15) is 11.5 Å². The molecular weight excluding hydrogens is 407 g/mol. The minimum absolute atomic E-state index is 0.526. The molecule has 0 aliphatic carbocycles. The van der Waals surface area contributed by atoms with Crippen molar-refractivity contribution < 1.29 is 9.47 Å². The van der Waals surface area contributed by atoms with Crippen LogP contribution in [0.25, 0.3) is 0 Å². The molecule has 0 fully saturated rings. The molecule has 2 rings (SSSR count). The highest BCUT2D eigenvalue weighted by Gasteiger charge is 2.03. The largest absolute Gasteiger partial charge is 0.495 e. The van der Waals surface area contributed by atoms with E-state index >= 15 is 0 Å². The van der Waals surface area contributed by atoms with Crippen molar-refractivity contribution in [3.05, 3.63) is 52.0 Å². The highest BCUT2D eigenvalue weighted by atomic mass is 35.5. The van der Waals surface area contributed by atoms with Crippen LogP contribution in [-0.4, -0.2) is 19.9 Å². The molecule has 0 spiro atoms. The second kappa shape index (κ2) is 13.3. The zero-order valence-electron chi connectivity index (χ0n) is 17.2. The van der Waals surface area contributed by atoms with Gasteiger partial charge in [0.25, 0.3) is 0 Å². The summed E-state index contributed by atoms with van der Waals surface area (Å²) in [6.45, 7) is 2.93. The second-order valence-electron chi connectivity index (χ2n) is 6.88. The molecule has 2 aromatic rings. The van der Waals surface area contributed by atoms with Crippen LogP contribution in [0.15, 0.2) is 41.5 Å². The Hall–Kier alpha value is -1.91. The van der Waals surface area contributed by atoms with Crippen LogP contribution in [-0.2, 0) is 0 Å². The summed E-state index contributed by atoms with van der Waals surface area (Å²) in [5, 5.41) is 5.34. The molecule has 4 nitrogen and oxygen atoms in total. The number of halogens is 2. The predicted octanol–water partition coefficient (Wildman–Crippen LogP) is 7.58. The van der Waals surface area contributed by atoms with Gasteiger partial charge in [-0.1, -0.05) is 68.7 Å². The average Bonchev–Trinajstić information content (AvgIpc) is 2.71. The molecule has 0 atom stereocenters. The zero-order chi connectivity index (χ0) is 20.9. The number of hydrogen-bond acceptors (Lipinski definition) is 4. The fourth-order valence-electron chi connectivity index (χ4n) is 2.87. The first kappa shape index (κ1) is 23.4. The topological polar surface area (TPSA) is 42.8 Å². The van der Waals surface area contributed by atoms with Crippen molar-refractivity contribution in [1.82, 2.24) is 0 Å². The standard InChI is InChI=1S/C23H30Cl2N2O2/c1-3-4-5-6-7-8-9-14-29-23-12-10-18(15-20(23)24)17-26-27-19-11-13-22(28-2)21(25)16-19/h10-13,15-17,27H,3-9,14H2,1-2H3/b26-17+. The van der Waals surface area contributed by atoms with Gasteiger partial charge in [-0.05, 0) is 48.4 Å². The van der Waals surface area contributed by atoms with E-state index in [1.54, 1.807) is 25.5 Å². The number of nitrogens with one attached hydrogen (secondary N) is 1. The Morgan fingerprint density at radius 3 is 2.28 bits per heavy atom. The molecule has 0 aliphatic heterocycles. The lowest BCUT2D eigenvalue weighted by Gasteiger charge is -2.09. The summed E-state index contributed by atoms with van der Waals surface area (Å²) in [6.07, 6.45) is 10.5. The molecule has 6 heteroatoms.